The first kappa shape index (κ1) is 34.7. The van der Waals surface area contributed by atoms with Crippen molar-refractivity contribution in [3.8, 4) is 36.2 Å². The van der Waals surface area contributed by atoms with Gasteiger partial charge in [-0.1, -0.05) is 66.4 Å². The average Bonchev–Trinajstić information content (AvgIpc) is 3.07. The fourth-order valence-electron chi connectivity index (χ4n) is 4.77. The largest absolute Gasteiger partial charge is 0.497 e. The van der Waals surface area contributed by atoms with E-state index in [1.54, 1.807) is 14.2 Å². The van der Waals surface area contributed by atoms with Crippen LogP contribution in [0.2, 0.25) is 0 Å². The number of nitrogens with two attached hydrogens (primary N) is 1. The molecule has 0 heterocycles. The number of esters is 1. The lowest BCUT2D eigenvalue weighted by molar-refractivity contribution is -0.159. The van der Waals surface area contributed by atoms with E-state index in [4.69, 9.17) is 47.0 Å². The van der Waals surface area contributed by atoms with Crippen molar-refractivity contribution in [1.82, 2.24) is 0 Å². The minimum absolute atomic E-state index is 0.00724. The Hall–Kier alpha value is -4.80. The third-order valence-electron chi connectivity index (χ3n) is 7.07. The smallest absolute Gasteiger partial charge is 0.306 e. The zero-order valence-electron chi connectivity index (χ0n) is 25.7. The number of hydrogen-bond donors (Lipinski definition) is 1. The quantitative estimate of drug-likeness (QED) is 0.0930. The summed E-state index contributed by atoms with van der Waals surface area (Å²) >= 11 is 0. The van der Waals surface area contributed by atoms with Crippen LogP contribution in [-0.2, 0) is 34.1 Å². The van der Waals surface area contributed by atoms with E-state index in [9.17, 15) is 9.59 Å². The van der Waals surface area contributed by atoms with Crippen LogP contribution in [0, 0.1) is 30.1 Å². The summed E-state index contributed by atoms with van der Waals surface area (Å²) in [5.41, 5.74) is 5.44. The van der Waals surface area contributed by atoms with Crippen LogP contribution in [0.4, 0.5) is 0 Å². The van der Waals surface area contributed by atoms with Gasteiger partial charge in [0.05, 0.1) is 45.9 Å². The van der Waals surface area contributed by atoms with E-state index in [0.29, 0.717) is 11.5 Å². The molecule has 0 saturated carbocycles. The van der Waals surface area contributed by atoms with Gasteiger partial charge in [-0.05, 0) is 41.0 Å². The highest BCUT2D eigenvalue weighted by molar-refractivity contribution is 5.79. The first-order valence-corrected chi connectivity index (χ1v) is 14.3. The van der Waals surface area contributed by atoms with Crippen LogP contribution < -0.4 is 15.2 Å². The van der Waals surface area contributed by atoms with Crippen molar-refractivity contribution < 1.29 is 38.0 Å². The Morgan fingerprint density at radius 1 is 0.689 bits per heavy atom. The van der Waals surface area contributed by atoms with Crippen LogP contribution in [0.25, 0.3) is 0 Å². The molecule has 3 aromatic carbocycles. The predicted molar refractivity (Wildman–Crippen MR) is 169 cm³/mol. The molecule has 9 heteroatoms. The van der Waals surface area contributed by atoms with Crippen molar-refractivity contribution in [3.63, 3.8) is 0 Å². The summed E-state index contributed by atoms with van der Waals surface area (Å²) in [6.45, 7) is -0.156. The van der Waals surface area contributed by atoms with Crippen molar-refractivity contribution in [2.75, 3.05) is 53.9 Å². The molecule has 0 aliphatic rings. The number of methoxy groups -OCH3 is 2. The highest BCUT2D eigenvalue weighted by Gasteiger charge is 2.42. The number of carbonyl (C=O) groups excluding carboxylic acids is 2. The van der Waals surface area contributed by atoms with Crippen molar-refractivity contribution in [2.45, 2.75) is 18.4 Å². The van der Waals surface area contributed by atoms with Gasteiger partial charge in [-0.3, -0.25) is 9.59 Å². The van der Waals surface area contributed by atoms with E-state index >= 15 is 0 Å². The zero-order valence-corrected chi connectivity index (χ0v) is 25.7. The monoisotopic (exact) mass is 613 g/mol. The molecular formula is C36H39NO8. The maximum absolute atomic E-state index is 12.6. The van der Waals surface area contributed by atoms with Gasteiger partial charge in [0, 0.05) is 6.42 Å². The molecule has 0 aromatic heterocycles. The number of rotatable bonds is 19. The Morgan fingerprint density at radius 2 is 1.18 bits per heavy atom. The third kappa shape index (κ3) is 9.59. The first-order valence-electron chi connectivity index (χ1n) is 14.3. The van der Waals surface area contributed by atoms with E-state index in [-0.39, 0.29) is 52.5 Å². The first-order chi connectivity index (χ1) is 21.8. The predicted octanol–water partition coefficient (Wildman–Crippen LogP) is 4.11. The van der Waals surface area contributed by atoms with Crippen LogP contribution in [0.3, 0.4) is 0 Å². The number of benzene rings is 3. The summed E-state index contributed by atoms with van der Waals surface area (Å²) in [6.07, 6.45) is 10.6. The lowest BCUT2D eigenvalue weighted by Gasteiger charge is -2.40. The summed E-state index contributed by atoms with van der Waals surface area (Å²) < 4.78 is 35.2. The van der Waals surface area contributed by atoms with E-state index in [1.807, 2.05) is 78.9 Å². The fourth-order valence-corrected chi connectivity index (χ4v) is 4.77. The second kappa shape index (κ2) is 17.5. The molecule has 236 valence electrons. The molecule has 3 aromatic rings. The molecule has 0 saturated heterocycles. The van der Waals surface area contributed by atoms with E-state index < -0.39 is 22.9 Å². The molecule has 1 amide bonds. The fraction of sp³-hybridized carbons (Fsp3) is 0.333. The number of ether oxygens (including phenoxy) is 6. The summed E-state index contributed by atoms with van der Waals surface area (Å²) in [6, 6.07) is 24.9. The molecule has 0 radical (unpaired) electrons. The molecule has 0 bridgehead atoms. The summed E-state index contributed by atoms with van der Waals surface area (Å²) in [5, 5.41) is 0. The summed E-state index contributed by atoms with van der Waals surface area (Å²) in [4.78, 5) is 23.9. The Labute approximate surface area is 264 Å². The lowest BCUT2D eigenvalue weighted by Crippen LogP contribution is -2.46. The topological polar surface area (TPSA) is 116 Å². The molecule has 0 aliphatic heterocycles. The minimum Gasteiger partial charge on any atom is -0.497 e. The van der Waals surface area contributed by atoms with E-state index in [2.05, 4.69) is 11.8 Å². The van der Waals surface area contributed by atoms with Crippen LogP contribution in [-0.4, -0.2) is 65.7 Å². The van der Waals surface area contributed by atoms with Gasteiger partial charge in [0.15, 0.2) is 0 Å². The zero-order chi connectivity index (χ0) is 32.5. The second-order valence-electron chi connectivity index (χ2n) is 10.3. The number of hydrogen-bond acceptors (Lipinski definition) is 8. The number of terminal acetylenes is 2. The SMILES string of the molecule is C#CCOCC(COCC#C)(COC(=O)CCC(N)=O)COC(c1ccccc1)(c1ccc(OC)cc1)c1ccc(OC)cc1. The van der Waals surface area contributed by atoms with Crippen molar-refractivity contribution in [1.29, 1.82) is 0 Å². The van der Waals surface area contributed by atoms with Gasteiger partial charge in [0.25, 0.3) is 0 Å². The lowest BCUT2D eigenvalue weighted by atomic mass is 9.79. The van der Waals surface area contributed by atoms with Crippen molar-refractivity contribution >= 4 is 11.9 Å². The highest BCUT2D eigenvalue weighted by Crippen LogP contribution is 2.43. The Bertz CT molecular complexity index is 1370. The molecule has 45 heavy (non-hydrogen) atoms. The van der Waals surface area contributed by atoms with Gasteiger partial charge < -0.3 is 34.2 Å². The van der Waals surface area contributed by atoms with Gasteiger partial charge in [0.2, 0.25) is 5.91 Å². The Kier molecular flexibility index (Phi) is 13.5. The van der Waals surface area contributed by atoms with E-state index in [0.717, 1.165) is 16.7 Å². The molecule has 0 fully saturated rings. The molecule has 0 unspecified atom stereocenters. The third-order valence-corrected chi connectivity index (χ3v) is 7.07. The van der Waals surface area contributed by atoms with E-state index in [1.165, 1.54) is 0 Å². The second-order valence-corrected chi connectivity index (χ2v) is 10.3. The van der Waals surface area contributed by atoms with Crippen molar-refractivity contribution in [2.24, 2.45) is 11.1 Å². The summed E-state index contributed by atoms with van der Waals surface area (Å²) in [7, 11) is 3.20. The number of carbonyl (C=O) groups is 2. The highest BCUT2D eigenvalue weighted by atomic mass is 16.6. The van der Waals surface area contributed by atoms with Crippen LogP contribution in [0.1, 0.15) is 29.5 Å². The molecule has 0 atom stereocenters. The van der Waals surface area contributed by atoms with Gasteiger partial charge in [-0.15, -0.1) is 12.8 Å². The molecule has 0 aliphatic carbocycles. The van der Waals surface area contributed by atoms with Crippen molar-refractivity contribution in [3.05, 3.63) is 95.6 Å². The summed E-state index contributed by atoms with van der Waals surface area (Å²) in [5.74, 6) is 5.06. The molecule has 9 nitrogen and oxygen atoms in total. The average molecular weight is 614 g/mol. The molecule has 3 rings (SSSR count). The Morgan fingerprint density at radius 3 is 1.62 bits per heavy atom. The van der Waals surface area contributed by atoms with Gasteiger partial charge in [-0.2, -0.15) is 0 Å². The maximum Gasteiger partial charge on any atom is 0.306 e. The van der Waals surface area contributed by atoms with Crippen LogP contribution in [0.5, 0.6) is 11.5 Å². The molecular weight excluding hydrogens is 574 g/mol. The molecule has 2 N–H and O–H groups in total. The molecule has 0 spiro atoms. The standard InChI is InChI=1S/C36H39NO8/c1-5-22-42-24-35(25-43-23-6-2,26-44-34(39)21-20-33(37)38)27-45-36(28-10-8-7-9-11-28,29-12-16-31(40-3)17-13-29)30-14-18-32(41-4)19-15-30/h1-2,7-19H,20-27H2,3-4H3,(H2,37,38). The maximum atomic E-state index is 12.6. The van der Waals surface area contributed by atoms with Gasteiger partial charge in [0.1, 0.15) is 36.9 Å². The minimum atomic E-state index is -1.17. The Balaban J connectivity index is 2.15. The van der Waals surface area contributed by atoms with Crippen LogP contribution in [0.15, 0.2) is 78.9 Å². The van der Waals surface area contributed by atoms with Gasteiger partial charge >= 0.3 is 5.97 Å². The van der Waals surface area contributed by atoms with Crippen LogP contribution >= 0.6 is 0 Å². The number of primary amides is 1. The normalized spacial score (nSPS) is 11.2. The van der Waals surface area contributed by atoms with Gasteiger partial charge in [-0.25, -0.2) is 0 Å². The number of amides is 1.